The van der Waals surface area contributed by atoms with E-state index in [2.05, 4.69) is 22.0 Å². The lowest BCUT2D eigenvalue weighted by Crippen LogP contribution is -2.62. The summed E-state index contributed by atoms with van der Waals surface area (Å²) in [5, 5.41) is 9.32. The molecule has 170 valence electrons. The number of carbonyl (C=O) groups excluding carboxylic acids is 2. The number of para-hydroxylation sites is 1. The SMILES string of the molecule is CN1C[C@@H](Oc2ccncc2)C[C@H](C(=O)NO)[C@H]1C(=O)N1CCN(c2ccccc2)CC1. The van der Waals surface area contributed by atoms with Crippen molar-refractivity contribution in [2.75, 3.05) is 44.7 Å². The van der Waals surface area contributed by atoms with Gasteiger partial charge in [-0.3, -0.25) is 24.7 Å². The van der Waals surface area contributed by atoms with Crippen LogP contribution in [0.2, 0.25) is 0 Å². The van der Waals surface area contributed by atoms with Crippen LogP contribution in [-0.2, 0) is 9.59 Å². The zero-order valence-electron chi connectivity index (χ0n) is 18.1. The molecule has 3 heterocycles. The summed E-state index contributed by atoms with van der Waals surface area (Å²) in [5.74, 6) is -0.717. The van der Waals surface area contributed by atoms with Crippen LogP contribution in [0.4, 0.5) is 5.69 Å². The van der Waals surface area contributed by atoms with E-state index in [4.69, 9.17) is 4.74 Å². The summed E-state index contributed by atoms with van der Waals surface area (Å²) in [6, 6.07) is 13.0. The number of piperidine rings is 1. The number of anilines is 1. The number of ether oxygens (including phenoxy) is 1. The summed E-state index contributed by atoms with van der Waals surface area (Å²) in [5.41, 5.74) is 2.89. The molecule has 2 aliphatic rings. The average molecular weight is 440 g/mol. The van der Waals surface area contributed by atoms with E-state index >= 15 is 0 Å². The van der Waals surface area contributed by atoms with Gasteiger partial charge in [0.1, 0.15) is 17.9 Å². The van der Waals surface area contributed by atoms with Gasteiger partial charge in [-0.25, -0.2) is 5.48 Å². The maximum atomic E-state index is 13.5. The lowest BCUT2D eigenvalue weighted by Gasteiger charge is -2.44. The molecule has 4 rings (SSSR count). The summed E-state index contributed by atoms with van der Waals surface area (Å²) in [7, 11) is 1.82. The number of hydrogen-bond acceptors (Lipinski definition) is 7. The molecule has 3 atom stereocenters. The van der Waals surface area contributed by atoms with Gasteiger partial charge in [0.25, 0.3) is 0 Å². The van der Waals surface area contributed by atoms with Gasteiger partial charge in [-0.2, -0.15) is 0 Å². The molecule has 0 spiro atoms. The first kappa shape index (κ1) is 22.0. The Morgan fingerprint density at radius 2 is 1.75 bits per heavy atom. The monoisotopic (exact) mass is 439 g/mol. The van der Waals surface area contributed by atoms with Gasteiger partial charge in [0.05, 0.1) is 5.92 Å². The Hall–Kier alpha value is -3.17. The number of nitrogens with zero attached hydrogens (tertiary/aromatic N) is 4. The van der Waals surface area contributed by atoms with Crippen LogP contribution in [0.1, 0.15) is 6.42 Å². The van der Waals surface area contributed by atoms with E-state index < -0.39 is 17.9 Å². The fourth-order valence-electron chi connectivity index (χ4n) is 4.63. The summed E-state index contributed by atoms with van der Waals surface area (Å²) in [4.78, 5) is 35.9. The van der Waals surface area contributed by atoms with Crippen molar-refractivity contribution in [2.45, 2.75) is 18.6 Å². The van der Waals surface area contributed by atoms with Gasteiger partial charge < -0.3 is 14.5 Å². The highest BCUT2D eigenvalue weighted by molar-refractivity contribution is 5.90. The molecule has 0 aliphatic carbocycles. The predicted molar refractivity (Wildman–Crippen MR) is 118 cm³/mol. The van der Waals surface area contributed by atoms with Gasteiger partial charge in [-0.1, -0.05) is 18.2 Å². The molecular formula is C23H29N5O4. The lowest BCUT2D eigenvalue weighted by atomic mass is 9.86. The Balaban J connectivity index is 1.43. The molecule has 2 aliphatic heterocycles. The van der Waals surface area contributed by atoms with Crippen molar-refractivity contribution in [1.82, 2.24) is 20.3 Å². The zero-order chi connectivity index (χ0) is 22.5. The van der Waals surface area contributed by atoms with Gasteiger partial charge in [0, 0.05) is 50.8 Å². The summed E-state index contributed by atoms with van der Waals surface area (Å²) in [6.07, 6.45) is 3.32. The first-order valence-corrected chi connectivity index (χ1v) is 10.9. The van der Waals surface area contributed by atoms with Gasteiger partial charge in [0.15, 0.2) is 0 Å². The minimum Gasteiger partial charge on any atom is -0.489 e. The Morgan fingerprint density at radius 1 is 1.06 bits per heavy atom. The molecule has 0 radical (unpaired) electrons. The van der Waals surface area contributed by atoms with E-state index in [9.17, 15) is 14.8 Å². The highest BCUT2D eigenvalue weighted by Gasteiger charge is 2.45. The van der Waals surface area contributed by atoms with E-state index in [1.807, 2.05) is 35.0 Å². The first-order valence-electron chi connectivity index (χ1n) is 10.9. The fraction of sp³-hybridized carbons (Fsp3) is 0.435. The molecule has 2 saturated heterocycles. The Bertz CT molecular complexity index is 905. The highest BCUT2D eigenvalue weighted by atomic mass is 16.5. The van der Waals surface area contributed by atoms with Crippen molar-refractivity contribution in [3.63, 3.8) is 0 Å². The maximum Gasteiger partial charge on any atom is 0.248 e. The number of amides is 2. The van der Waals surface area contributed by atoms with Crippen LogP contribution in [0.3, 0.4) is 0 Å². The van der Waals surface area contributed by atoms with E-state index in [0.29, 0.717) is 31.8 Å². The van der Waals surface area contributed by atoms with Gasteiger partial charge >= 0.3 is 0 Å². The fourth-order valence-corrected chi connectivity index (χ4v) is 4.63. The molecular weight excluding hydrogens is 410 g/mol. The third-order valence-corrected chi connectivity index (χ3v) is 6.23. The minimum atomic E-state index is -0.717. The van der Waals surface area contributed by atoms with Crippen LogP contribution >= 0.6 is 0 Å². The minimum absolute atomic E-state index is 0.0869. The molecule has 0 bridgehead atoms. The van der Waals surface area contributed by atoms with Gasteiger partial charge in [-0.05, 0) is 37.7 Å². The number of nitrogens with one attached hydrogen (secondary N) is 1. The molecule has 1 aromatic carbocycles. The second kappa shape index (κ2) is 9.97. The highest BCUT2D eigenvalue weighted by Crippen LogP contribution is 2.28. The van der Waals surface area contributed by atoms with Crippen LogP contribution < -0.4 is 15.1 Å². The van der Waals surface area contributed by atoms with Gasteiger partial charge in [-0.15, -0.1) is 0 Å². The smallest absolute Gasteiger partial charge is 0.248 e. The van der Waals surface area contributed by atoms with Crippen molar-refractivity contribution < 1.29 is 19.5 Å². The normalized spacial score (nSPS) is 24.1. The number of likely N-dealkylation sites (tertiary alicyclic amines) is 1. The van der Waals surface area contributed by atoms with E-state index in [0.717, 1.165) is 18.8 Å². The van der Waals surface area contributed by atoms with Gasteiger partial charge in [0.2, 0.25) is 11.8 Å². The Morgan fingerprint density at radius 3 is 2.41 bits per heavy atom. The van der Waals surface area contributed by atoms with Crippen molar-refractivity contribution in [1.29, 1.82) is 0 Å². The summed E-state index contributed by atoms with van der Waals surface area (Å²) >= 11 is 0. The Kier molecular flexibility index (Phi) is 6.87. The van der Waals surface area contributed by atoms with E-state index in [1.54, 1.807) is 30.0 Å². The number of benzene rings is 1. The van der Waals surface area contributed by atoms with Crippen molar-refractivity contribution >= 4 is 17.5 Å². The number of aromatic nitrogens is 1. The maximum absolute atomic E-state index is 13.5. The third kappa shape index (κ3) is 4.84. The average Bonchev–Trinajstić information content (AvgIpc) is 2.84. The molecule has 0 saturated carbocycles. The van der Waals surface area contributed by atoms with Crippen LogP contribution in [0.5, 0.6) is 5.75 Å². The molecule has 9 nitrogen and oxygen atoms in total. The molecule has 2 fully saturated rings. The van der Waals surface area contributed by atoms with Crippen LogP contribution in [0.25, 0.3) is 0 Å². The third-order valence-electron chi connectivity index (χ3n) is 6.23. The van der Waals surface area contributed by atoms with Crippen molar-refractivity contribution in [2.24, 2.45) is 5.92 Å². The largest absolute Gasteiger partial charge is 0.489 e. The van der Waals surface area contributed by atoms with Crippen LogP contribution in [0.15, 0.2) is 54.9 Å². The molecule has 1 aromatic heterocycles. The molecule has 2 aromatic rings. The molecule has 2 N–H and O–H groups in total. The number of likely N-dealkylation sites (N-methyl/N-ethyl adjacent to an activating group) is 1. The quantitative estimate of drug-likeness (QED) is 0.530. The standard InChI is InChI=1S/C23H29N5O4/c1-26-16-19(32-18-7-9-24-10-8-18)15-20(22(29)25-31)21(26)23(30)28-13-11-27(12-14-28)17-5-3-2-4-6-17/h2-10,19-21,31H,11-16H2,1H3,(H,25,29)/t19-,20-,21-/m0/s1. The van der Waals surface area contributed by atoms with Crippen LogP contribution in [0, 0.1) is 5.92 Å². The number of hydroxylamine groups is 1. The summed E-state index contributed by atoms with van der Waals surface area (Å²) < 4.78 is 6.01. The number of piperazine rings is 1. The second-order valence-electron chi connectivity index (χ2n) is 8.27. The molecule has 9 heteroatoms. The topological polar surface area (TPSA) is 98.2 Å². The zero-order valence-corrected chi connectivity index (χ0v) is 18.1. The number of hydrogen-bond donors (Lipinski definition) is 2. The number of carbonyl (C=O) groups is 2. The van der Waals surface area contributed by atoms with Crippen molar-refractivity contribution in [3.05, 3.63) is 54.9 Å². The number of pyridine rings is 1. The molecule has 0 unspecified atom stereocenters. The summed E-state index contributed by atoms with van der Waals surface area (Å²) in [6.45, 7) is 3.14. The van der Waals surface area contributed by atoms with E-state index in [-0.39, 0.29) is 12.0 Å². The Labute approximate surface area is 187 Å². The first-order chi connectivity index (χ1) is 15.6. The van der Waals surface area contributed by atoms with Crippen molar-refractivity contribution in [3.8, 4) is 5.75 Å². The second-order valence-corrected chi connectivity index (χ2v) is 8.27. The predicted octanol–water partition coefficient (Wildman–Crippen LogP) is 1.00. The van der Waals surface area contributed by atoms with Crippen LogP contribution in [-0.4, -0.2) is 83.7 Å². The van der Waals surface area contributed by atoms with E-state index in [1.165, 1.54) is 0 Å². The lowest BCUT2D eigenvalue weighted by molar-refractivity contribution is -0.151. The number of rotatable bonds is 5. The molecule has 2 amide bonds. The molecule has 32 heavy (non-hydrogen) atoms.